The van der Waals surface area contributed by atoms with Gasteiger partial charge in [0.2, 0.25) is 8.32 Å². The molecule has 3 fully saturated rings. The van der Waals surface area contributed by atoms with Crippen LogP contribution in [0.3, 0.4) is 0 Å². The molecule has 0 saturated heterocycles. The van der Waals surface area contributed by atoms with Crippen molar-refractivity contribution in [3.63, 3.8) is 0 Å². The van der Waals surface area contributed by atoms with E-state index in [4.69, 9.17) is 4.43 Å². The first-order valence-corrected chi connectivity index (χ1v) is 13.8. The average Bonchev–Trinajstić information content (AvgIpc) is 3.02. The highest BCUT2D eigenvalue weighted by atomic mass is 28.4. The van der Waals surface area contributed by atoms with Crippen LogP contribution >= 0.6 is 0 Å². The molecule has 0 radical (unpaired) electrons. The lowest BCUT2D eigenvalue weighted by Gasteiger charge is -2.47. The minimum atomic E-state index is -1.88. The minimum Gasteiger partial charge on any atom is -0.409 e. The normalized spacial score (nSPS) is 45.7. The summed E-state index contributed by atoms with van der Waals surface area (Å²) in [5, 5.41) is 0. The molecule has 2 heteroatoms. The van der Waals surface area contributed by atoms with Crippen molar-refractivity contribution < 1.29 is 4.43 Å². The summed E-state index contributed by atoms with van der Waals surface area (Å²) in [6, 6.07) is 0. The smallest absolute Gasteiger partial charge is 0.201 e. The SMILES string of the molecule is CC(C)[Si](OC1C2=C[C@@H]3C=C[C@H]4[C@H]5C[C@@H]3[C@]2(CC1(C)C)[C@@H]45)(C(C)C)C(C)C. The summed E-state index contributed by atoms with van der Waals surface area (Å²) in [7, 11) is -1.88. The molecule has 0 heterocycles. The molecule has 0 N–H and O–H groups in total. The van der Waals surface area contributed by atoms with Crippen LogP contribution < -0.4 is 0 Å². The predicted molar refractivity (Wildman–Crippen MR) is 116 cm³/mol. The molecule has 0 aromatic carbocycles. The zero-order chi connectivity index (χ0) is 19.5. The summed E-state index contributed by atoms with van der Waals surface area (Å²) in [5.74, 6) is 4.43. The number of hydrogen-bond acceptors (Lipinski definition) is 1. The van der Waals surface area contributed by atoms with E-state index in [0.717, 1.165) is 23.7 Å². The van der Waals surface area contributed by atoms with Crippen LogP contribution in [0.2, 0.25) is 16.6 Å². The van der Waals surface area contributed by atoms with Crippen LogP contribution in [-0.2, 0) is 4.43 Å². The second kappa shape index (κ2) is 5.42. The zero-order valence-electron chi connectivity index (χ0n) is 18.8. The Morgan fingerprint density at radius 3 is 2.22 bits per heavy atom. The molecular weight excluding hydrogens is 344 g/mol. The Labute approximate surface area is 168 Å². The third-order valence-corrected chi connectivity index (χ3v) is 15.8. The van der Waals surface area contributed by atoms with Crippen LogP contribution in [0.15, 0.2) is 23.8 Å². The first-order valence-electron chi connectivity index (χ1n) is 11.7. The molecule has 150 valence electrons. The van der Waals surface area contributed by atoms with Crippen LogP contribution in [0, 0.1) is 40.4 Å². The van der Waals surface area contributed by atoms with Crippen molar-refractivity contribution in [2.24, 2.45) is 40.4 Å². The van der Waals surface area contributed by atoms with Crippen LogP contribution in [0.1, 0.15) is 68.2 Å². The Morgan fingerprint density at radius 2 is 1.63 bits per heavy atom. The second-order valence-corrected chi connectivity index (χ2v) is 17.6. The van der Waals surface area contributed by atoms with Gasteiger partial charge in [0.05, 0.1) is 6.10 Å². The summed E-state index contributed by atoms with van der Waals surface area (Å²) >= 11 is 0. The average molecular weight is 385 g/mol. The second-order valence-electron chi connectivity index (χ2n) is 12.2. The van der Waals surface area contributed by atoms with Gasteiger partial charge in [-0.2, -0.15) is 0 Å². The van der Waals surface area contributed by atoms with Gasteiger partial charge < -0.3 is 4.43 Å². The molecule has 7 atom stereocenters. The molecule has 6 bridgehead atoms. The van der Waals surface area contributed by atoms with Gasteiger partial charge in [-0.3, -0.25) is 0 Å². The number of allylic oxidation sites excluding steroid dienone is 3. The standard InChI is InChI=1S/C25H40OSi/c1-14(2)27(15(3)4,16(5)6)26-23-21-11-17-9-10-18-19-12-20(17)25(21,22(18)19)13-24(23,7)8/h9-11,14-20,22-23H,12-13H2,1-8H3/t17-,18-,19+,20-,22-,23?,25-/m0/s1. The van der Waals surface area contributed by atoms with Crippen molar-refractivity contribution >= 4 is 8.32 Å². The van der Waals surface area contributed by atoms with Crippen LogP contribution in [0.5, 0.6) is 0 Å². The Morgan fingerprint density at radius 1 is 1.00 bits per heavy atom. The lowest BCUT2D eigenvalue weighted by Crippen LogP contribution is -2.52. The highest BCUT2D eigenvalue weighted by Gasteiger charge is 2.77. The van der Waals surface area contributed by atoms with Gasteiger partial charge in [0.25, 0.3) is 0 Å². The van der Waals surface area contributed by atoms with Crippen molar-refractivity contribution in [1.29, 1.82) is 0 Å². The van der Waals surface area contributed by atoms with E-state index in [1.807, 2.05) is 0 Å². The van der Waals surface area contributed by atoms with Crippen molar-refractivity contribution in [3.05, 3.63) is 23.8 Å². The lowest BCUT2D eigenvalue weighted by atomic mass is 9.69. The molecule has 1 unspecified atom stereocenters. The van der Waals surface area contributed by atoms with Gasteiger partial charge in [-0.15, -0.1) is 0 Å². The molecule has 0 amide bonds. The molecule has 0 aliphatic heterocycles. The molecule has 6 aliphatic carbocycles. The fourth-order valence-electron chi connectivity index (χ4n) is 9.06. The highest BCUT2D eigenvalue weighted by molar-refractivity contribution is 6.77. The molecule has 27 heavy (non-hydrogen) atoms. The predicted octanol–water partition coefficient (Wildman–Crippen LogP) is 6.97. The van der Waals surface area contributed by atoms with E-state index in [2.05, 4.69) is 73.6 Å². The quantitative estimate of drug-likeness (QED) is 0.367. The molecule has 1 spiro atoms. The Balaban J connectivity index is 1.58. The van der Waals surface area contributed by atoms with E-state index < -0.39 is 8.32 Å². The van der Waals surface area contributed by atoms with Crippen molar-refractivity contribution in [3.8, 4) is 0 Å². The van der Waals surface area contributed by atoms with Gasteiger partial charge in [0, 0.05) is 5.41 Å². The first kappa shape index (κ1) is 18.7. The molecule has 0 aromatic heterocycles. The van der Waals surface area contributed by atoms with Gasteiger partial charge in [-0.05, 0) is 70.0 Å². The molecule has 6 rings (SSSR count). The number of hydrogen-bond donors (Lipinski definition) is 0. The van der Waals surface area contributed by atoms with Gasteiger partial charge in [0.15, 0.2) is 0 Å². The fourth-order valence-corrected chi connectivity index (χ4v) is 14.7. The zero-order valence-corrected chi connectivity index (χ0v) is 19.8. The third kappa shape index (κ3) is 2.05. The maximum absolute atomic E-state index is 7.54. The van der Waals surface area contributed by atoms with Crippen LogP contribution in [0.4, 0.5) is 0 Å². The number of rotatable bonds is 5. The summed E-state index contributed by atoms with van der Waals surface area (Å²) in [4.78, 5) is 0. The summed E-state index contributed by atoms with van der Waals surface area (Å²) in [5.41, 5.74) is 4.52. The van der Waals surface area contributed by atoms with Crippen molar-refractivity contribution in [1.82, 2.24) is 0 Å². The molecule has 1 nitrogen and oxygen atoms in total. The van der Waals surface area contributed by atoms with Crippen molar-refractivity contribution in [2.45, 2.75) is 91.0 Å². The van der Waals surface area contributed by atoms with Gasteiger partial charge in [0.1, 0.15) is 0 Å². The van der Waals surface area contributed by atoms with E-state index in [-0.39, 0.29) is 5.41 Å². The maximum Gasteiger partial charge on any atom is 0.201 e. The summed E-state index contributed by atoms with van der Waals surface area (Å²) < 4.78 is 7.54. The van der Waals surface area contributed by atoms with E-state index >= 15 is 0 Å². The van der Waals surface area contributed by atoms with Crippen LogP contribution in [0.25, 0.3) is 0 Å². The lowest BCUT2D eigenvalue weighted by molar-refractivity contribution is 0.0988. The Hall–Kier alpha value is -0.343. The molecule has 6 aliphatic rings. The maximum atomic E-state index is 7.54. The first-order chi connectivity index (χ1) is 12.6. The molecular formula is C25H40OSi. The summed E-state index contributed by atoms with van der Waals surface area (Å²) in [6.45, 7) is 19.7. The molecule has 0 aromatic rings. The van der Waals surface area contributed by atoms with Crippen LogP contribution in [-0.4, -0.2) is 14.4 Å². The monoisotopic (exact) mass is 384 g/mol. The summed E-state index contributed by atoms with van der Waals surface area (Å²) in [6.07, 6.45) is 11.1. The fraction of sp³-hybridized carbons (Fsp3) is 0.840. The Kier molecular flexibility index (Phi) is 3.75. The van der Waals surface area contributed by atoms with E-state index in [1.54, 1.807) is 5.57 Å². The van der Waals surface area contributed by atoms with E-state index in [0.29, 0.717) is 34.1 Å². The van der Waals surface area contributed by atoms with Gasteiger partial charge >= 0.3 is 0 Å². The third-order valence-electron chi connectivity index (χ3n) is 9.71. The minimum absolute atomic E-state index is 0.276. The van der Waals surface area contributed by atoms with Gasteiger partial charge in [-0.1, -0.05) is 73.6 Å². The largest absolute Gasteiger partial charge is 0.409 e. The molecule has 3 saturated carbocycles. The van der Waals surface area contributed by atoms with E-state index in [1.165, 1.54) is 12.8 Å². The van der Waals surface area contributed by atoms with E-state index in [9.17, 15) is 0 Å². The van der Waals surface area contributed by atoms with Crippen molar-refractivity contribution in [2.75, 3.05) is 0 Å². The van der Waals surface area contributed by atoms with Gasteiger partial charge in [-0.25, -0.2) is 0 Å². The Bertz CT molecular complexity index is 692. The topological polar surface area (TPSA) is 9.23 Å². The highest BCUT2D eigenvalue weighted by Crippen LogP contribution is 2.82.